The van der Waals surface area contributed by atoms with Gasteiger partial charge < -0.3 is 0 Å². The van der Waals surface area contributed by atoms with Crippen molar-refractivity contribution >= 4 is 0 Å². The number of hydrogen-bond donors (Lipinski definition) is 0. The van der Waals surface area contributed by atoms with Crippen LogP contribution in [0.25, 0.3) is 11.1 Å². The summed E-state index contributed by atoms with van der Waals surface area (Å²) >= 11 is 0. The lowest BCUT2D eigenvalue weighted by atomic mass is 9.85. The summed E-state index contributed by atoms with van der Waals surface area (Å²) in [4.78, 5) is 0. The molecule has 0 N–H and O–H groups in total. The third-order valence-electron chi connectivity index (χ3n) is 5.64. The van der Waals surface area contributed by atoms with Crippen LogP contribution < -0.4 is 0 Å². The highest BCUT2D eigenvalue weighted by molar-refractivity contribution is 5.78. The van der Waals surface area contributed by atoms with Gasteiger partial charge in [0.15, 0.2) is 0 Å². The van der Waals surface area contributed by atoms with Crippen LogP contribution in [0.3, 0.4) is 0 Å². The fourth-order valence-electron chi connectivity index (χ4n) is 4.48. The maximum Gasteiger partial charge on any atom is 0.0234 e. The molecule has 0 heteroatoms. The van der Waals surface area contributed by atoms with Crippen molar-refractivity contribution in [2.75, 3.05) is 0 Å². The lowest BCUT2D eigenvalue weighted by Gasteiger charge is -2.19. The summed E-state index contributed by atoms with van der Waals surface area (Å²) in [6.45, 7) is 0. The van der Waals surface area contributed by atoms with E-state index in [0.717, 1.165) is 6.42 Å². The smallest absolute Gasteiger partial charge is 0.0234 e. The van der Waals surface area contributed by atoms with Crippen LogP contribution >= 0.6 is 0 Å². The molecule has 0 bridgehead atoms. The molecule has 0 saturated carbocycles. The zero-order valence-corrected chi connectivity index (χ0v) is 13.7. The Labute approximate surface area is 143 Å². The van der Waals surface area contributed by atoms with Crippen molar-refractivity contribution in [1.29, 1.82) is 0 Å². The van der Waals surface area contributed by atoms with Crippen molar-refractivity contribution < 1.29 is 0 Å². The molecule has 0 spiro atoms. The molecule has 3 aliphatic carbocycles. The fourth-order valence-corrected chi connectivity index (χ4v) is 4.48. The Hall–Kier alpha value is -2.60. The van der Waals surface area contributed by atoms with Gasteiger partial charge in [0, 0.05) is 11.8 Å². The van der Waals surface area contributed by atoms with E-state index in [0.29, 0.717) is 11.8 Å². The summed E-state index contributed by atoms with van der Waals surface area (Å²) in [5.41, 5.74) is 8.87. The van der Waals surface area contributed by atoms with Crippen LogP contribution in [0.2, 0.25) is 0 Å². The molecule has 3 aliphatic rings. The predicted molar refractivity (Wildman–Crippen MR) is 101 cm³/mol. The molecule has 1 atom stereocenters. The summed E-state index contributed by atoms with van der Waals surface area (Å²) < 4.78 is 0. The average molecular weight is 308 g/mol. The molecule has 1 unspecified atom stereocenters. The second-order valence-electron chi connectivity index (χ2n) is 6.90. The summed E-state index contributed by atoms with van der Waals surface area (Å²) in [5.74, 6) is 1.05. The normalized spacial score (nSPS) is 20.4. The van der Waals surface area contributed by atoms with Crippen LogP contribution in [0.4, 0.5) is 0 Å². The number of hydrogen-bond acceptors (Lipinski definition) is 0. The van der Waals surface area contributed by atoms with Crippen molar-refractivity contribution in [3.05, 3.63) is 107 Å². The van der Waals surface area contributed by atoms with Crippen LogP contribution in [0, 0.1) is 5.92 Å². The second kappa shape index (κ2) is 5.49. The molecule has 2 aromatic rings. The molecule has 24 heavy (non-hydrogen) atoms. The van der Waals surface area contributed by atoms with Crippen LogP contribution in [0.1, 0.15) is 29.9 Å². The zero-order valence-electron chi connectivity index (χ0n) is 13.7. The first-order valence-electron chi connectivity index (χ1n) is 8.85. The molecule has 0 aromatic heterocycles. The van der Waals surface area contributed by atoms with E-state index >= 15 is 0 Å². The van der Waals surface area contributed by atoms with E-state index in [2.05, 4.69) is 85.0 Å². The Kier molecular flexibility index (Phi) is 3.16. The van der Waals surface area contributed by atoms with Crippen molar-refractivity contribution in [2.24, 2.45) is 5.92 Å². The van der Waals surface area contributed by atoms with Gasteiger partial charge in [0.25, 0.3) is 0 Å². The molecule has 5 rings (SSSR count). The van der Waals surface area contributed by atoms with Gasteiger partial charge in [-0.05, 0) is 40.7 Å². The molecule has 0 fully saturated rings. The Morgan fingerprint density at radius 3 is 2.21 bits per heavy atom. The van der Waals surface area contributed by atoms with Crippen molar-refractivity contribution in [3.63, 3.8) is 0 Å². The minimum atomic E-state index is 0.516. The lowest BCUT2D eigenvalue weighted by Crippen LogP contribution is -2.04. The molecule has 0 nitrogen and oxygen atoms in total. The Balaban J connectivity index is 1.42. The van der Waals surface area contributed by atoms with E-state index in [1.54, 1.807) is 5.57 Å². The number of rotatable bonds is 3. The molecule has 0 heterocycles. The molecule has 0 saturated heterocycles. The quantitative estimate of drug-likeness (QED) is 0.634. The summed E-state index contributed by atoms with van der Waals surface area (Å²) in [5, 5.41) is 0. The van der Waals surface area contributed by atoms with Crippen molar-refractivity contribution in [1.82, 2.24) is 0 Å². The zero-order chi connectivity index (χ0) is 15.9. The van der Waals surface area contributed by atoms with E-state index in [1.807, 2.05) is 0 Å². The molecule has 116 valence electrons. The van der Waals surface area contributed by atoms with Gasteiger partial charge in [0.2, 0.25) is 0 Å². The topological polar surface area (TPSA) is 0 Å². The van der Waals surface area contributed by atoms with Crippen LogP contribution in [0.5, 0.6) is 0 Å². The first-order valence-corrected chi connectivity index (χ1v) is 8.85. The number of fused-ring (bicyclic) bond motifs is 4. The highest BCUT2D eigenvalue weighted by atomic mass is 14.3. The van der Waals surface area contributed by atoms with Gasteiger partial charge in [-0.15, -0.1) is 0 Å². The highest BCUT2D eigenvalue weighted by Gasteiger charge is 2.29. The number of allylic oxidation sites excluding steroid dienone is 8. The van der Waals surface area contributed by atoms with Crippen molar-refractivity contribution in [3.8, 4) is 11.1 Å². The monoisotopic (exact) mass is 308 g/mol. The van der Waals surface area contributed by atoms with Gasteiger partial charge in [0.05, 0.1) is 0 Å². The molecule has 0 aliphatic heterocycles. The van der Waals surface area contributed by atoms with E-state index in [1.165, 1.54) is 34.2 Å². The Morgan fingerprint density at radius 2 is 1.46 bits per heavy atom. The summed E-state index contributed by atoms with van der Waals surface area (Å²) in [6.07, 6.45) is 15.9. The van der Waals surface area contributed by atoms with Gasteiger partial charge in [0.1, 0.15) is 0 Å². The minimum absolute atomic E-state index is 0.516. The van der Waals surface area contributed by atoms with Crippen LogP contribution in [-0.2, 0) is 0 Å². The third-order valence-corrected chi connectivity index (χ3v) is 5.64. The average Bonchev–Trinajstić information content (AvgIpc) is 3.19. The molecule has 0 amide bonds. The van der Waals surface area contributed by atoms with Crippen molar-refractivity contribution in [2.45, 2.75) is 18.8 Å². The third kappa shape index (κ3) is 2.06. The van der Waals surface area contributed by atoms with Gasteiger partial charge in [-0.3, -0.25) is 0 Å². The molecule has 2 aromatic carbocycles. The minimum Gasteiger partial charge on any atom is -0.0730 e. The molecular weight excluding hydrogens is 288 g/mol. The molecular formula is C24H20. The van der Waals surface area contributed by atoms with Gasteiger partial charge in [-0.1, -0.05) is 90.6 Å². The van der Waals surface area contributed by atoms with E-state index < -0.39 is 0 Å². The molecule has 0 radical (unpaired) electrons. The van der Waals surface area contributed by atoms with Gasteiger partial charge >= 0.3 is 0 Å². The van der Waals surface area contributed by atoms with E-state index in [-0.39, 0.29) is 0 Å². The lowest BCUT2D eigenvalue weighted by molar-refractivity contribution is 0.694. The Bertz CT molecular complexity index is 875. The van der Waals surface area contributed by atoms with E-state index in [4.69, 9.17) is 0 Å². The van der Waals surface area contributed by atoms with Gasteiger partial charge in [-0.25, -0.2) is 0 Å². The van der Waals surface area contributed by atoms with Crippen LogP contribution in [0.15, 0.2) is 96.1 Å². The SMILES string of the molecule is C1=CC2=CC=C(CCC3c4ccccc4-c4ccccc43)C2C=C1. The van der Waals surface area contributed by atoms with Gasteiger partial charge in [-0.2, -0.15) is 0 Å². The maximum absolute atomic E-state index is 2.34. The maximum atomic E-state index is 2.34. The highest BCUT2D eigenvalue weighted by Crippen LogP contribution is 2.47. The second-order valence-corrected chi connectivity index (χ2v) is 6.90. The Morgan fingerprint density at radius 1 is 0.750 bits per heavy atom. The predicted octanol–water partition coefficient (Wildman–Crippen LogP) is 6.19. The van der Waals surface area contributed by atoms with E-state index in [9.17, 15) is 0 Å². The fraction of sp³-hybridized carbons (Fsp3) is 0.167. The largest absolute Gasteiger partial charge is 0.0730 e. The summed E-state index contributed by atoms with van der Waals surface area (Å²) in [7, 11) is 0. The summed E-state index contributed by atoms with van der Waals surface area (Å²) in [6, 6.07) is 17.9. The first-order chi connectivity index (χ1) is 11.9. The number of benzene rings is 2. The van der Waals surface area contributed by atoms with Crippen LogP contribution in [-0.4, -0.2) is 0 Å². The standard InChI is InChI=1S/C24H20/c1-2-8-19-17(7-1)13-14-18(19)15-16-24-22-11-5-3-9-20(22)21-10-4-6-12-23(21)24/h1-14,19,24H,15-16H2. The first kappa shape index (κ1) is 13.8.